The van der Waals surface area contributed by atoms with E-state index in [0.717, 1.165) is 27.9 Å². The van der Waals surface area contributed by atoms with Gasteiger partial charge in [0.2, 0.25) is 0 Å². The summed E-state index contributed by atoms with van der Waals surface area (Å²) in [6, 6.07) is 28.2. The standard InChI is InChI=1S/C24H16N2O/c27-24-21-10-5-4-9-19(21)23(26-24)15-17-13-14-20-18(11-6-12-22(20)25-17)16-7-2-1-3-8-16/h1-15H,(H,26,27)/b23-15-. The number of hydrogen-bond acceptors (Lipinski definition) is 2. The number of nitrogens with zero attached hydrogens (tertiary/aromatic N) is 1. The minimum atomic E-state index is -0.0657. The van der Waals surface area contributed by atoms with E-state index < -0.39 is 0 Å². The Labute approximate surface area is 157 Å². The van der Waals surface area contributed by atoms with E-state index in [4.69, 9.17) is 4.98 Å². The SMILES string of the molecule is O=C1N/C(=C\c2ccc3c(-c4ccccc4)cccc3n2)c2ccccc21. The van der Waals surface area contributed by atoms with Crippen LogP contribution in [-0.4, -0.2) is 10.9 Å². The Morgan fingerprint density at radius 2 is 1.44 bits per heavy atom. The van der Waals surface area contributed by atoms with Gasteiger partial charge in [-0.2, -0.15) is 0 Å². The Morgan fingerprint density at radius 3 is 2.30 bits per heavy atom. The average molecular weight is 348 g/mol. The van der Waals surface area contributed by atoms with Crippen molar-refractivity contribution >= 4 is 28.6 Å². The zero-order valence-corrected chi connectivity index (χ0v) is 14.5. The van der Waals surface area contributed by atoms with Crippen LogP contribution in [0.1, 0.15) is 21.6 Å². The summed E-state index contributed by atoms with van der Waals surface area (Å²) in [5, 5.41) is 4.05. The zero-order chi connectivity index (χ0) is 18.2. The van der Waals surface area contributed by atoms with E-state index in [1.165, 1.54) is 11.1 Å². The number of carbonyl (C=O) groups excluding carboxylic acids is 1. The normalized spacial score (nSPS) is 14.4. The number of hydrogen-bond donors (Lipinski definition) is 1. The first-order valence-corrected chi connectivity index (χ1v) is 8.87. The molecule has 1 N–H and O–H groups in total. The molecule has 0 saturated heterocycles. The number of pyridine rings is 1. The molecule has 0 saturated carbocycles. The van der Waals surface area contributed by atoms with E-state index in [1.54, 1.807) is 0 Å². The first kappa shape index (κ1) is 15.5. The third-order valence-electron chi connectivity index (χ3n) is 4.84. The number of amides is 1. The lowest BCUT2D eigenvalue weighted by Crippen LogP contribution is -2.12. The van der Waals surface area contributed by atoms with Crippen LogP contribution in [0.4, 0.5) is 0 Å². The van der Waals surface area contributed by atoms with Gasteiger partial charge in [0, 0.05) is 16.5 Å². The molecule has 0 atom stereocenters. The monoisotopic (exact) mass is 348 g/mol. The average Bonchev–Trinajstić information content (AvgIpc) is 3.04. The zero-order valence-electron chi connectivity index (χ0n) is 14.5. The molecule has 4 aromatic rings. The van der Waals surface area contributed by atoms with Crippen LogP contribution in [0.15, 0.2) is 84.9 Å². The predicted octanol–water partition coefficient (Wildman–Crippen LogP) is 5.14. The number of carbonyl (C=O) groups is 1. The Bertz CT molecular complexity index is 1210. The van der Waals surface area contributed by atoms with Crippen molar-refractivity contribution in [1.29, 1.82) is 0 Å². The quantitative estimate of drug-likeness (QED) is 0.545. The summed E-state index contributed by atoms with van der Waals surface area (Å²) in [5.41, 5.74) is 6.51. The summed E-state index contributed by atoms with van der Waals surface area (Å²) in [6.45, 7) is 0. The van der Waals surface area contributed by atoms with Crippen molar-refractivity contribution in [1.82, 2.24) is 10.3 Å². The van der Waals surface area contributed by atoms with Crippen molar-refractivity contribution in [2.24, 2.45) is 0 Å². The fourth-order valence-electron chi connectivity index (χ4n) is 3.56. The number of nitrogens with one attached hydrogen (secondary N) is 1. The van der Waals surface area contributed by atoms with Crippen molar-refractivity contribution in [3.05, 3.63) is 102 Å². The molecular weight excluding hydrogens is 332 g/mol. The highest BCUT2D eigenvalue weighted by molar-refractivity contribution is 6.11. The van der Waals surface area contributed by atoms with E-state index in [0.29, 0.717) is 5.56 Å². The summed E-state index contributed by atoms with van der Waals surface area (Å²) in [5.74, 6) is -0.0657. The molecule has 1 aromatic heterocycles. The topological polar surface area (TPSA) is 42.0 Å². The minimum absolute atomic E-state index is 0.0657. The van der Waals surface area contributed by atoms with Crippen LogP contribution in [0.2, 0.25) is 0 Å². The number of rotatable bonds is 2. The molecule has 0 aliphatic carbocycles. The molecule has 1 aliphatic heterocycles. The van der Waals surface area contributed by atoms with Gasteiger partial charge in [0.15, 0.2) is 0 Å². The predicted molar refractivity (Wildman–Crippen MR) is 109 cm³/mol. The van der Waals surface area contributed by atoms with Gasteiger partial charge in [0.25, 0.3) is 5.91 Å². The first-order chi connectivity index (χ1) is 13.3. The second-order valence-electron chi connectivity index (χ2n) is 6.53. The maximum absolute atomic E-state index is 12.1. The number of aromatic nitrogens is 1. The van der Waals surface area contributed by atoms with Crippen LogP contribution in [0, 0.1) is 0 Å². The lowest BCUT2D eigenvalue weighted by atomic mass is 10.0. The van der Waals surface area contributed by atoms with Crippen molar-refractivity contribution < 1.29 is 4.79 Å². The van der Waals surface area contributed by atoms with Crippen molar-refractivity contribution in [2.75, 3.05) is 0 Å². The molecule has 0 radical (unpaired) electrons. The molecule has 0 fully saturated rings. The minimum Gasteiger partial charge on any atom is -0.321 e. The third kappa shape index (κ3) is 2.70. The van der Waals surface area contributed by atoms with E-state index in [2.05, 4.69) is 29.6 Å². The Morgan fingerprint density at radius 1 is 0.704 bits per heavy atom. The van der Waals surface area contributed by atoms with Gasteiger partial charge in [-0.3, -0.25) is 4.79 Å². The van der Waals surface area contributed by atoms with Crippen molar-refractivity contribution in [2.45, 2.75) is 0 Å². The van der Waals surface area contributed by atoms with Crippen LogP contribution in [-0.2, 0) is 0 Å². The Hall–Kier alpha value is -3.72. The molecule has 1 aliphatic rings. The highest BCUT2D eigenvalue weighted by Gasteiger charge is 2.22. The first-order valence-electron chi connectivity index (χ1n) is 8.87. The molecule has 5 rings (SSSR count). The maximum Gasteiger partial charge on any atom is 0.256 e. The molecule has 0 bridgehead atoms. The molecular formula is C24H16N2O. The molecule has 128 valence electrons. The molecule has 3 aromatic carbocycles. The molecule has 0 spiro atoms. The maximum atomic E-state index is 12.1. The number of benzene rings is 3. The van der Waals surface area contributed by atoms with Gasteiger partial charge in [-0.05, 0) is 35.4 Å². The van der Waals surface area contributed by atoms with Gasteiger partial charge < -0.3 is 5.32 Å². The molecule has 27 heavy (non-hydrogen) atoms. The van der Waals surface area contributed by atoms with Crippen molar-refractivity contribution in [3.63, 3.8) is 0 Å². The Balaban J connectivity index is 1.60. The van der Waals surface area contributed by atoms with E-state index >= 15 is 0 Å². The van der Waals surface area contributed by atoms with Crippen molar-refractivity contribution in [3.8, 4) is 11.1 Å². The highest BCUT2D eigenvalue weighted by atomic mass is 16.1. The summed E-state index contributed by atoms with van der Waals surface area (Å²) in [6.07, 6.45) is 1.93. The molecule has 0 unspecified atom stereocenters. The molecule has 3 heteroatoms. The summed E-state index contributed by atoms with van der Waals surface area (Å²) in [7, 11) is 0. The lowest BCUT2D eigenvalue weighted by molar-refractivity contribution is 0.0981. The second kappa shape index (κ2) is 6.22. The summed E-state index contributed by atoms with van der Waals surface area (Å²) < 4.78 is 0. The highest BCUT2D eigenvalue weighted by Crippen LogP contribution is 2.29. The lowest BCUT2D eigenvalue weighted by Gasteiger charge is -2.07. The van der Waals surface area contributed by atoms with Gasteiger partial charge in [-0.1, -0.05) is 66.7 Å². The van der Waals surface area contributed by atoms with Gasteiger partial charge in [-0.25, -0.2) is 4.98 Å². The fraction of sp³-hybridized carbons (Fsp3) is 0. The summed E-state index contributed by atoms with van der Waals surface area (Å²) >= 11 is 0. The molecule has 3 nitrogen and oxygen atoms in total. The molecule has 1 amide bonds. The van der Waals surface area contributed by atoms with Gasteiger partial charge in [-0.15, -0.1) is 0 Å². The van der Waals surface area contributed by atoms with Crippen LogP contribution in [0.5, 0.6) is 0 Å². The smallest absolute Gasteiger partial charge is 0.256 e. The van der Waals surface area contributed by atoms with Gasteiger partial charge in [0.05, 0.1) is 16.9 Å². The van der Waals surface area contributed by atoms with Crippen LogP contribution in [0.25, 0.3) is 33.8 Å². The van der Waals surface area contributed by atoms with Gasteiger partial charge in [0.1, 0.15) is 0 Å². The van der Waals surface area contributed by atoms with E-state index in [1.807, 2.05) is 66.7 Å². The van der Waals surface area contributed by atoms with Gasteiger partial charge >= 0.3 is 0 Å². The third-order valence-corrected chi connectivity index (χ3v) is 4.84. The van der Waals surface area contributed by atoms with Crippen LogP contribution >= 0.6 is 0 Å². The summed E-state index contributed by atoms with van der Waals surface area (Å²) in [4.78, 5) is 16.9. The van der Waals surface area contributed by atoms with E-state index in [-0.39, 0.29) is 5.91 Å². The largest absolute Gasteiger partial charge is 0.321 e. The Kier molecular flexibility index (Phi) is 3.58. The second-order valence-corrected chi connectivity index (χ2v) is 6.53. The van der Waals surface area contributed by atoms with Crippen LogP contribution < -0.4 is 5.32 Å². The fourth-order valence-corrected chi connectivity index (χ4v) is 3.56. The van der Waals surface area contributed by atoms with Crippen LogP contribution in [0.3, 0.4) is 0 Å². The molecule has 2 heterocycles. The number of fused-ring (bicyclic) bond motifs is 2. The van der Waals surface area contributed by atoms with E-state index in [9.17, 15) is 4.79 Å².